The van der Waals surface area contributed by atoms with Crippen LogP contribution in [0.5, 0.6) is 0 Å². The van der Waals surface area contributed by atoms with Crippen molar-refractivity contribution < 1.29 is 13.2 Å². The van der Waals surface area contributed by atoms with Crippen molar-refractivity contribution in [3.8, 4) is 0 Å². The number of hydrogen-bond acceptors (Lipinski definition) is 4. The topological polar surface area (TPSA) is 84.1 Å². The summed E-state index contributed by atoms with van der Waals surface area (Å²) >= 11 is 0. The monoisotopic (exact) mass is 247 g/mol. The molecule has 0 saturated carbocycles. The summed E-state index contributed by atoms with van der Waals surface area (Å²) < 4.78 is 30.5. The molecule has 16 heavy (non-hydrogen) atoms. The summed E-state index contributed by atoms with van der Waals surface area (Å²) in [4.78, 5) is 6.85. The van der Waals surface area contributed by atoms with Gasteiger partial charge in [-0.15, -0.1) is 0 Å². The minimum atomic E-state index is -3.27. The average molecular weight is 247 g/mol. The molecule has 0 radical (unpaired) electrons. The summed E-state index contributed by atoms with van der Waals surface area (Å²) in [6.07, 6.45) is 3.73. The molecule has 0 spiro atoms. The Hall–Kier alpha value is -0.920. The maximum absolute atomic E-state index is 11.6. The van der Waals surface area contributed by atoms with Gasteiger partial charge in [-0.2, -0.15) is 0 Å². The molecule has 0 amide bonds. The van der Waals surface area contributed by atoms with Gasteiger partial charge in [-0.25, -0.2) is 18.1 Å². The number of nitrogens with one attached hydrogen (secondary N) is 2. The molecule has 0 aromatic carbocycles. The Labute approximate surface area is 95.5 Å². The summed E-state index contributed by atoms with van der Waals surface area (Å²) in [6, 6.07) is -0.345. The van der Waals surface area contributed by atoms with Crippen LogP contribution in [-0.4, -0.2) is 37.9 Å². The normalized spacial score (nSPS) is 13.9. The number of rotatable bonds is 7. The van der Waals surface area contributed by atoms with Crippen LogP contribution in [0.2, 0.25) is 0 Å². The van der Waals surface area contributed by atoms with E-state index < -0.39 is 10.0 Å². The van der Waals surface area contributed by atoms with Crippen molar-refractivity contribution in [3.63, 3.8) is 0 Å². The Balaban J connectivity index is 2.46. The smallest absolute Gasteiger partial charge is 0.212 e. The van der Waals surface area contributed by atoms with Crippen molar-refractivity contribution in [2.45, 2.75) is 19.4 Å². The molecule has 1 atom stereocenters. The summed E-state index contributed by atoms with van der Waals surface area (Å²) in [6.45, 7) is 2.18. The van der Waals surface area contributed by atoms with Crippen LogP contribution in [-0.2, 0) is 14.8 Å². The van der Waals surface area contributed by atoms with Gasteiger partial charge in [-0.1, -0.05) is 0 Å². The Morgan fingerprint density at radius 2 is 2.38 bits per heavy atom. The molecule has 7 heteroatoms. The van der Waals surface area contributed by atoms with E-state index in [9.17, 15) is 8.42 Å². The quantitative estimate of drug-likeness (QED) is 0.684. The minimum absolute atomic E-state index is 0.0614. The van der Waals surface area contributed by atoms with Crippen LogP contribution in [0.1, 0.15) is 25.2 Å². The van der Waals surface area contributed by atoms with Crippen molar-refractivity contribution in [1.29, 1.82) is 0 Å². The molecular formula is C9H17N3O3S. The molecule has 1 aromatic heterocycles. The zero-order chi connectivity index (χ0) is 12.0. The molecule has 92 valence electrons. The molecule has 1 rings (SSSR count). The number of aromatic nitrogens is 2. The number of aromatic amines is 1. The molecule has 0 aliphatic heterocycles. The average Bonchev–Trinajstić information content (AvgIpc) is 2.69. The first-order chi connectivity index (χ1) is 7.55. The largest absolute Gasteiger partial charge is 0.385 e. The first-order valence-electron chi connectivity index (χ1n) is 5.03. The highest BCUT2D eigenvalue weighted by molar-refractivity contribution is 7.89. The van der Waals surface area contributed by atoms with Gasteiger partial charge in [0.25, 0.3) is 0 Å². The van der Waals surface area contributed by atoms with Crippen molar-refractivity contribution in [1.82, 2.24) is 14.7 Å². The molecule has 6 nitrogen and oxygen atoms in total. The molecule has 1 aromatic rings. The summed E-state index contributed by atoms with van der Waals surface area (Å²) in [5.74, 6) is 0.668. The molecule has 0 aliphatic rings. The second-order valence-corrected chi connectivity index (χ2v) is 5.35. The Kier molecular flexibility index (Phi) is 4.91. The van der Waals surface area contributed by atoms with E-state index in [1.807, 2.05) is 0 Å². The Morgan fingerprint density at radius 3 is 2.94 bits per heavy atom. The van der Waals surface area contributed by atoms with Crippen LogP contribution in [0.3, 0.4) is 0 Å². The van der Waals surface area contributed by atoms with Gasteiger partial charge in [-0.05, 0) is 13.3 Å². The van der Waals surface area contributed by atoms with Crippen LogP contribution in [0.4, 0.5) is 0 Å². The van der Waals surface area contributed by atoms with E-state index in [2.05, 4.69) is 14.7 Å². The standard InChI is InChI=1S/C9H17N3O3S/c1-8(9-10-4-5-11-9)12-16(13,14)7-3-6-15-2/h4-5,8,12H,3,6-7H2,1-2H3,(H,10,11). The van der Waals surface area contributed by atoms with Crippen molar-refractivity contribution in [2.75, 3.05) is 19.5 Å². The van der Waals surface area contributed by atoms with Crippen LogP contribution in [0, 0.1) is 0 Å². The van der Waals surface area contributed by atoms with E-state index in [1.165, 1.54) is 0 Å². The van der Waals surface area contributed by atoms with Gasteiger partial charge < -0.3 is 9.72 Å². The number of methoxy groups -OCH3 is 1. The molecule has 0 fully saturated rings. The minimum Gasteiger partial charge on any atom is -0.385 e. The van der Waals surface area contributed by atoms with Gasteiger partial charge in [-0.3, -0.25) is 0 Å². The second kappa shape index (κ2) is 5.97. The van der Waals surface area contributed by atoms with E-state index in [0.29, 0.717) is 18.9 Å². The van der Waals surface area contributed by atoms with Crippen LogP contribution >= 0.6 is 0 Å². The number of sulfonamides is 1. The predicted octanol–water partition coefficient (Wildman–Crippen LogP) is 0.427. The van der Waals surface area contributed by atoms with E-state index in [1.54, 1.807) is 26.4 Å². The Bertz CT molecular complexity index is 388. The third-order valence-corrected chi connectivity index (χ3v) is 3.59. The third kappa shape index (κ3) is 4.30. The molecule has 0 bridgehead atoms. The summed E-state index contributed by atoms with van der Waals surface area (Å²) in [5, 5.41) is 0. The fourth-order valence-corrected chi connectivity index (χ4v) is 2.56. The highest BCUT2D eigenvalue weighted by Crippen LogP contribution is 2.07. The summed E-state index contributed by atoms with van der Waals surface area (Å²) in [5.41, 5.74) is 0. The van der Waals surface area contributed by atoms with E-state index >= 15 is 0 Å². The molecule has 1 heterocycles. The lowest BCUT2D eigenvalue weighted by Crippen LogP contribution is -2.30. The molecule has 2 N–H and O–H groups in total. The van der Waals surface area contributed by atoms with Crippen molar-refractivity contribution in [3.05, 3.63) is 18.2 Å². The molecule has 0 aliphatic carbocycles. The lowest BCUT2D eigenvalue weighted by atomic mass is 10.3. The SMILES string of the molecule is COCCCS(=O)(=O)NC(C)c1ncc[nH]1. The van der Waals surface area contributed by atoms with Gasteiger partial charge in [0.15, 0.2) is 0 Å². The van der Waals surface area contributed by atoms with Gasteiger partial charge in [0.1, 0.15) is 5.82 Å². The lowest BCUT2D eigenvalue weighted by molar-refractivity contribution is 0.199. The first kappa shape index (κ1) is 13.1. The fourth-order valence-electron chi connectivity index (χ4n) is 1.29. The molecular weight excluding hydrogens is 230 g/mol. The number of imidazole rings is 1. The maximum atomic E-state index is 11.6. The number of H-pyrrole nitrogens is 1. The highest BCUT2D eigenvalue weighted by Gasteiger charge is 2.16. The lowest BCUT2D eigenvalue weighted by Gasteiger charge is -2.11. The third-order valence-electron chi connectivity index (χ3n) is 2.05. The van der Waals surface area contributed by atoms with Gasteiger partial charge in [0.2, 0.25) is 10.0 Å². The van der Waals surface area contributed by atoms with Crippen molar-refractivity contribution >= 4 is 10.0 Å². The number of hydrogen-bond donors (Lipinski definition) is 2. The zero-order valence-electron chi connectivity index (χ0n) is 9.43. The highest BCUT2D eigenvalue weighted by atomic mass is 32.2. The number of ether oxygens (including phenoxy) is 1. The maximum Gasteiger partial charge on any atom is 0.212 e. The van der Waals surface area contributed by atoms with Gasteiger partial charge in [0.05, 0.1) is 11.8 Å². The van der Waals surface area contributed by atoms with E-state index in [-0.39, 0.29) is 11.8 Å². The zero-order valence-corrected chi connectivity index (χ0v) is 10.3. The van der Waals surface area contributed by atoms with E-state index in [0.717, 1.165) is 0 Å². The number of nitrogens with zero attached hydrogens (tertiary/aromatic N) is 1. The second-order valence-electron chi connectivity index (χ2n) is 3.48. The van der Waals surface area contributed by atoms with Crippen LogP contribution < -0.4 is 4.72 Å². The molecule has 0 saturated heterocycles. The fraction of sp³-hybridized carbons (Fsp3) is 0.667. The van der Waals surface area contributed by atoms with E-state index in [4.69, 9.17) is 4.74 Å². The Morgan fingerprint density at radius 1 is 1.62 bits per heavy atom. The molecule has 1 unspecified atom stereocenters. The first-order valence-corrected chi connectivity index (χ1v) is 6.68. The van der Waals surface area contributed by atoms with Gasteiger partial charge >= 0.3 is 0 Å². The van der Waals surface area contributed by atoms with Gasteiger partial charge in [0, 0.05) is 26.1 Å². The summed E-state index contributed by atoms with van der Waals surface area (Å²) in [7, 11) is -1.72. The van der Waals surface area contributed by atoms with Crippen LogP contribution in [0.15, 0.2) is 12.4 Å². The van der Waals surface area contributed by atoms with Crippen LogP contribution in [0.25, 0.3) is 0 Å². The predicted molar refractivity (Wildman–Crippen MR) is 60.4 cm³/mol. The van der Waals surface area contributed by atoms with Crippen molar-refractivity contribution in [2.24, 2.45) is 0 Å².